The van der Waals surface area contributed by atoms with Crippen molar-refractivity contribution in [3.8, 4) is 0 Å². The summed E-state index contributed by atoms with van der Waals surface area (Å²) in [7, 11) is 0. The highest BCUT2D eigenvalue weighted by molar-refractivity contribution is 6.33. The summed E-state index contributed by atoms with van der Waals surface area (Å²) in [5.41, 5.74) is 0.648. The van der Waals surface area contributed by atoms with E-state index >= 15 is 0 Å². The van der Waals surface area contributed by atoms with Crippen molar-refractivity contribution < 1.29 is 8.78 Å². The van der Waals surface area contributed by atoms with Crippen LogP contribution < -0.4 is 10.6 Å². The van der Waals surface area contributed by atoms with E-state index in [9.17, 15) is 8.78 Å². The lowest BCUT2D eigenvalue weighted by Gasteiger charge is -2.11. The van der Waals surface area contributed by atoms with Crippen molar-refractivity contribution in [2.75, 3.05) is 17.2 Å². The molecule has 2 N–H and O–H groups in total. The molecule has 2 aromatic rings. The van der Waals surface area contributed by atoms with Crippen molar-refractivity contribution >= 4 is 28.8 Å². The molecule has 100 valence electrons. The molecule has 0 bridgehead atoms. The highest BCUT2D eigenvalue weighted by Gasteiger charge is 2.10. The molecule has 3 nitrogen and oxygen atoms in total. The molecule has 0 atom stereocenters. The zero-order chi connectivity index (χ0) is 13.8. The second-order valence-electron chi connectivity index (χ2n) is 3.83. The Morgan fingerprint density at radius 3 is 2.74 bits per heavy atom. The first-order valence-corrected chi connectivity index (χ1v) is 6.09. The molecular weight excluding hydrogens is 272 g/mol. The second kappa shape index (κ2) is 5.84. The minimum atomic E-state index is -0.744. The number of hydrogen-bond acceptors (Lipinski definition) is 3. The zero-order valence-corrected chi connectivity index (χ0v) is 10.9. The molecular formula is C13H12ClF2N3. The van der Waals surface area contributed by atoms with Crippen LogP contribution in [-0.2, 0) is 0 Å². The largest absolute Gasteiger partial charge is 0.370 e. The first kappa shape index (κ1) is 13.5. The molecule has 1 aromatic carbocycles. The zero-order valence-electron chi connectivity index (χ0n) is 10.2. The Kier molecular flexibility index (Phi) is 4.16. The summed E-state index contributed by atoms with van der Waals surface area (Å²) in [6, 6.07) is 5.21. The van der Waals surface area contributed by atoms with Crippen LogP contribution in [0.5, 0.6) is 0 Å². The van der Waals surface area contributed by atoms with Gasteiger partial charge in [-0.2, -0.15) is 0 Å². The van der Waals surface area contributed by atoms with Gasteiger partial charge in [0.15, 0.2) is 5.82 Å². The predicted molar refractivity (Wildman–Crippen MR) is 73.1 cm³/mol. The molecule has 1 heterocycles. The van der Waals surface area contributed by atoms with Gasteiger partial charge in [0.05, 0.1) is 10.7 Å². The van der Waals surface area contributed by atoms with Crippen LogP contribution in [0.3, 0.4) is 0 Å². The van der Waals surface area contributed by atoms with E-state index in [0.29, 0.717) is 11.5 Å². The van der Waals surface area contributed by atoms with Crippen LogP contribution in [-0.4, -0.2) is 11.5 Å². The lowest BCUT2D eigenvalue weighted by Crippen LogP contribution is -2.01. The summed E-state index contributed by atoms with van der Waals surface area (Å²) in [5, 5.41) is 5.83. The molecule has 0 aliphatic carbocycles. The van der Waals surface area contributed by atoms with Gasteiger partial charge < -0.3 is 10.6 Å². The fraction of sp³-hybridized carbons (Fsp3) is 0.154. The Balaban J connectivity index is 2.28. The second-order valence-corrected chi connectivity index (χ2v) is 4.24. The van der Waals surface area contributed by atoms with Crippen LogP contribution in [0, 0.1) is 11.6 Å². The maximum absolute atomic E-state index is 13.6. The highest BCUT2D eigenvalue weighted by atomic mass is 35.5. The van der Waals surface area contributed by atoms with E-state index in [-0.39, 0.29) is 10.7 Å². The van der Waals surface area contributed by atoms with E-state index in [1.807, 2.05) is 6.92 Å². The number of pyridine rings is 1. The lowest BCUT2D eigenvalue weighted by molar-refractivity contribution is 0.586. The Hall–Kier alpha value is -1.88. The number of benzene rings is 1. The van der Waals surface area contributed by atoms with E-state index in [1.165, 1.54) is 0 Å². The van der Waals surface area contributed by atoms with Crippen LogP contribution in [0.2, 0.25) is 5.02 Å². The number of halogens is 3. The smallest absolute Gasteiger partial charge is 0.151 e. The normalized spacial score (nSPS) is 10.3. The fourth-order valence-corrected chi connectivity index (χ4v) is 1.83. The van der Waals surface area contributed by atoms with Crippen LogP contribution in [0.1, 0.15) is 6.92 Å². The molecule has 1 aromatic heterocycles. The number of aromatic nitrogens is 1. The molecule has 0 aliphatic heterocycles. The van der Waals surface area contributed by atoms with Crippen molar-refractivity contribution in [1.82, 2.24) is 4.98 Å². The first-order valence-electron chi connectivity index (χ1n) is 5.71. The van der Waals surface area contributed by atoms with Gasteiger partial charge in [0.2, 0.25) is 0 Å². The molecule has 0 saturated heterocycles. The Morgan fingerprint density at radius 2 is 2.05 bits per heavy atom. The highest BCUT2D eigenvalue weighted by Crippen LogP contribution is 2.29. The molecule has 0 fully saturated rings. The quantitative estimate of drug-likeness (QED) is 0.883. The van der Waals surface area contributed by atoms with Crippen LogP contribution >= 0.6 is 11.6 Å². The maximum Gasteiger partial charge on any atom is 0.151 e. The lowest BCUT2D eigenvalue weighted by atomic mass is 10.2. The topological polar surface area (TPSA) is 37.0 Å². The SMILES string of the molecule is CCNc1cc(Nc2c(F)cc(F)cc2Cl)ccn1. The predicted octanol–water partition coefficient (Wildman–Crippen LogP) is 4.19. The molecule has 6 heteroatoms. The number of hydrogen-bond donors (Lipinski definition) is 2. The number of nitrogens with one attached hydrogen (secondary N) is 2. The van der Waals surface area contributed by atoms with Gasteiger partial charge >= 0.3 is 0 Å². The first-order chi connectivity index (χ1) is 9.10. The average Bonchev–Trinajstić information content (AvgIpc) is 2.35. The Bertz CT molecular complexity index is 567. The van der Waals surface area contributed by atoms with E-state index < -0.39 is 11.6 Å². The minimum Gasteiger partial charge on any atom is -0.370 e. The van der Waals surface area contributed by atoms with Crippen LogP contribution in [0.4, 0.5) is 26.0 Å². The van der Waals surface area contributed by atoms with Gasteiger partial charge in [0.1, 0.15) is 11.6 Å². The summed E-state index contributed by atoms with van der Waals surface area (Å²) in [6.07, 6.45) is 1.58. The van der Waals surface area contributed by atoms with Crippen molar-refractivity contribution in [3.63, 3.8) is 0 Å². The molecule has 0 aliphatic rings. The van der Waals surface area contributed by atoms with E-state index in [2.05, 4.69) is 15.6 Å². The maximum atomic E-state index is 13.6. The molecule has 0 amide bonds. The van der Waals surface area contributed by atoms with Gasteiger partial charge in [-0.25, -0.2) is 13.8 Å². The molecule has 19 heavy (non-hydrogen) atoms. The minimum absolute atomic E-state index is 0.0145. The monoisotopic (exact) mass is 283 g/mol. The Labute approximate surface area is 114 Å². The summed E-state index contributed by atoms with van der Waals surface area (Å²) in [6.45, 7) is 2.67. The van der Waals surface area contributed by atoms with Gasteiger partial charge in [-0.1, -0.05) is 11.6 Å². The van der Waals surface area contributed by atoms with Crippen molar-refractivity contribution in [3.05, 3.63) is 47.1 Å². The summed E-state index contributed by atoms with van der Waals surface area (Å²) in [5.74, 6) is -0.797. The molecule has 0 unspecified atom stereocenters. The number of rotatable bonds is 4. The van der Waals surface area contributed by atoms with E-state index in [4.69, 9.17) is 11.6 Å². The van der Waals surface area contributed by atoms with Crippen molar-refractivity contribution in [1.29, 1.82) is 0 Å². The van der Waals surface area contributed by atoms with Crippen molar-refractivity contribution in [2.24, 2.45) is 0 Å². The fourth-order valence-electron chi connectivity index (χ4n) is 1.59. The van der Waals surface area contributed by atoms with Gasteiger partial charge in [0, 0.05) is 30.6 Å². The number of nitrogens with zero attached hydrogens (tertiary/aromatic N) is 1. The standard InChI is InChI=1S/C13H12ClF2N3/c1-2-17-12-7-9(3-4-18-12)19-13-10(14)5-8(15)6-11(13)16/h3-7H,2H2,1H3,(H2,17,18,19). The summed E-state index contributed by atoms with van der Waals surface area (Å²) in [4.78, 5) is 4.09. The van der Waals surface area contributed by atoms with E-state index in [0.717, 1.165) is 18.7 Å². The third kappa shape index (κ3) is 3.32. The average molecular weight is 284 g/mol. The Morgan fingerprint density at radius 1 is 1.26 bits per heavy atom. The van der Waals surface area contributed by atoms with Crippen LogP contribution in [0.15, 0.2) is 30.5 Å². The van der Waals surface area contributed by atoms with Crippen LogP contribution in [0.25, 0.3) is 0 Å². The third-order valence-electron chi connectivity index (χ3n) is 2.39. The third-order valence-corrected chi connectivity index (χ3v) is 2.69. The molecule has 0 spiro atoms. The van der Waals surface area contributed by atoms with Gasteiger partial charge in [-0.15, -0.1) is 0 Å². The molecule has 0 radical (unpaired) electrons. The van der Waals surface area contributed by atoms with Gasteiger partial charge in [-0.3, -0.25) is 0 Å². The summed E-state index contributed by atoms with van der Waals surface area (Å²) < 4.78 is 26.6. The van der Waals surface area contributed by atoms with Gasteiger partial charge in [-0.05, 0) is 19.1 Å². The van der Waals surface area contributed by atoms with E-state index in [1.54, 1.807) is 18.3 Å². The molecule has 0 saturated carbocycles. The van der Waals surface area contributed by atoms with Gasteiger partial charge in [0.25, 0.3) is 0 Å². The molecule has 2 rings (SSSR count). The summed E-state index contributed by atoms with van der Waals surface area (Å²) >= 11 is 5.81. The van der Waals surface area contributed by atoms with Crippen molar-refractivity contribution in [2.45, 2.75) is 6.92 Å². The number of anilines is 3.